The standard InChI is InChI=1S/C21H26FN5O/c22-17-6-4-15(5-7-17)19-12-16-13-27(21(28)25-20(16)24-19)18-8-11-26(14-18)10-3-1-2-9-23/h4-7,12-13,18H,1-3,8-11,14,23H2,(H,24,25,28). The van der Waals surface area contributed by atoms with Crippen molar-refractivity contribution in [3.8, 4) is 11.3 Å². The normalized spacial score (nSPS) is 17.6. The zero-order valence-electron chi connectivity index (χ0n) is 15.9. The Morgan fingerprint density at radius 3 is 2.82 bits per heavy atom. The van der Waals surface area contributed by atoms with Crippen LogP contribution in [0, 0.1) is 5.82 Å². The third-order valence-electron chi connectivity index (χ3n) is 5.51. The van der Waals surface area contributed by atoms with Crippen LogP contribution in [0.1, 0.15) is 31.7 Å². The molecule has 7 heteroatoms. The lowest BCUT2D eigenvalue weighted by Crippen LogP contribution is -2.29. The van der Waals surface area contributed by atoms with E-state index in [1.807, 2.05) is 12.3 Å². The van der Waals surface area contributed by atoms with Gasteiger partial charge in [0.15, 0.2) is 0 Å². The van der Waals surface area contributed by atoms with E-state index in [0.717, 1.165) is 68.5 Å². The average molecular weight is 383 g/mol. The second-order valence-corrected chi connectivity index (χ2v) is 7.52. The first kappa shape index (κ1) is 18.8. The van der Waals surface area contributed by atoms with E-state index in [-0.39, 0.29) is 17.5 Å². The molecule has 6 nitrogen and oxygen atoms in total. The number of hydrogen-bond donors (Lipinski definition) is 2. The molecule has 3 heterocycles. The molecule has 1 aromatic carbocycles. The summed E-state index contributed by atoms with van der Waals surface area (Å²) >= 11 is 0. The van der Waals surface area contributed by atoms with E-state index < -0.39 is 0 Å². The number of nitrogens with one attached hydrogen (secondary N) is 1. The van der Waals surface area contributed by atoms with Gasteiger partial charge in [0.05, 0.1) is 6.04 Å². The number of halogens is 1. The van der Waals surface area contributed by atoms with Gasteiger partial charge in [-0.15, -0.1) is 0 Å². The van der Waals surface area contributed by atoms with Crippen LogP contribution < -0.4 is 11.4 Å². The molecule has 1 unspecified atom stereocenters. The predicted octanol–water partition coefficient (Wildman–Crippen LogP) is 2.91. The Bertz CT molecular complexity index is 994. The minimum absolute atomic E-state index is 0.156. The number of nitrogens with zero attached hydrogens (tertiary/aromatic N) is 3. The third-order valence-corrected chi connectivity index (χ3v) is 5.51. The number of H-pyrrole nitrogens is 1. The van der Waals surface area contributed by atoms with E-state index in [1.165, 1.54) is 12.1 Å². The molecule has 1 saturated heterocycles. The van der Waals surface area contributed by atoms with Gasteiger partial charge in [0.25, 0.3) is 0 Å². The molecular weight excluding hydrogens is 357 g/mol. The Hall–Kier alpha value is -2.51. The maximum atomic E-state index is 13.2. The molecule has 1 fully saturated rings. The van der Waals surface area contributed by atoms with Crippen molar-refractivity contribution in [3.05, 3.63) is 52.8 Å². The fourth-order valence-corrected chi connectivity index (χ4v) is 3.95. The number of benzene rings is 1. The molecule has 3 aromatic rings. The van der Waals surface area contributed by atoms with Gasteiger partial charge in [-0.1, -0.05) is 6.42 Å². The number of fused-ring (bicyclic) bond motifs is 1. The summed E-state index contributed by atoms with van der Waals surface area (Å²) in [7, 11) is 0. The fourth-order valence-electron chi connectivity index (χ4n) is 3.95. The molecule has 0 saturated carbocycles. The lowest BCUT2D eigenvalue weighted by atomic mass is 10.1. The highest BCUT2D eigenvalue weighted by molar-refractivity contribution is 5.82. The van der Waals surface area contributed by atoms with Gasteiger partial charge in [-0.25, -0.2) is 9.18 Å². The molecule has 0 aliphatic carbocycles. The quantitative estimate of drug-likeness (QED) is 0.615. The van der Waals surface area contributed by atoms with Crippen molar-refractivity contribution in [2.24, 2.45) is 5.73 Å². The third kappa shape index (κ3) is 4.00. The first-order valence-corrected chi connectivity index (χ1v) is 9.94. The van der Waals surface area contributed by atoms with E-state index in [2.05, 4.69) is 14.9 Å². The van der Waals surface area contributed by atoms with Crippen LogP contribution in [0.3, 0.4) is 0 Å². The second kappa shape index (κ2) is 8.24. The molecule has 0 bridgehead atoms. The number of aromatic nitrogens is 3. The van der Waals surface area contributed by atoms with Gasteiger partial charge in [-0.05, 0) is 68.2 Å². The van der Waals surface area contributed by atoms with Crippen molar-refractivity contribution < 1.29 is 4.39 Å². The summed E-state index contributed by atoms with van der Waals surface area (Å²) in [6, 6.07) is 8.40. The molecule has 1 atom stereocenters. The van der Waals surface area contributed by atoms with Crippen molar-refractivity contribution in [1.29, 1.82) is 0 Å². The number of unbranched alkanes of at least 4 members (excludes halogenated alkanes) is 2. The van der Waals surface area contributed by atoms with Gasteiger partial charge in [0.1, 0.15) is 11.5 Å². The molecule has 28 heavy (non-hydrogen) atoms. The lowest BCUT2D eigenvalue weighted by Gasteiger charge is -2.17. The summed E-state index contributed by atoms with van der Waals surface area (Å²) in [4.78, 5) is 22.4. The van der Waals surface area contributed by atoms with Crippen molar-refractivity contribution in [2.45, 2.75) is 31.7 Å². The van der Waals surface area contributed by atoms with Crippen molar-refractivity contribution in [2.75, 3.05) is 26.2 Å². The van der Waals surface area contributed by atoms with Gasteiger partial charge in [-0.2, -0.15) is 4.98 Å². The zero-order chi connectivity index (χ0) is 19.5. The lowest BCUT2D eigenvalue weighted by molar-refractivity contribution is 0.313. The zero-order valence-corrected chi connectivity index (χ0v) is 15.9. The first-order valence-electron chi connectivity index (χ1n) is 9.94. The summed E-state index contributed by atoms with van der Waals surface area (Å²) in [5.41, 5.74) is 7.58. The van der Waals surface area contributed by atoms with Gasteiger partial charge in [-0.3, -0.25) is 4.57 Å². The molecule has 148 valence electrons. The maximum absolute atomic E-state index is 13.2. The minimum atomic E-state index is -0.272. The predicted molar refractivity (Wildman–Crippen MR) is 109 cm³/mol. The molecule has 0 spiro atoms. The van der Waals surface area contributed by atoms with E-state index >= 15 is 0 Å². The Morgan fingerprint density at radius 1 is 1.21 bits per heavy atom. The summed E-state index contributed by atoms with van der Waals surface area (Å²) in [5.74, 6) is -0.272. The van der Waals surface area contributed by atoms with Crippen molar-refractivity contribution in [3.63, 3.8) is 0 Å². The number of hydrogen-bond acceptors (Lipinski definition) is 4. The van der Waals surface area contributed by atoms with Crippen molar-refractivity contribution >= 4 is 11.0 Å². The second-order valence-electron chi connectivity index (χ2n) is 7.52. The van der Waals surface area contributed by atoms with Crippen LogP contribution in [-0.4, -0.2) is 45.6 Å². The van der Waals surface area contributed by atoms with Gasteiger partial charge in [0.2, 0.25) is 0 Å². The molecule has 2 aromatic heterocycles. The smallest absolute Gasteiger partial charge is 0.339 e. The van der Waals surface area contributed by atoms with Crippen LogP contribution in [0.25, 0.3) is 22.3 Å². The number of nitrogens with two attached hydrogens (primary N) is 1. The average Bonchev–Trinajstić information content (AvgIpc) is 3.32. The van der Waals surface area contributed by atoms with E-state index in [0.29, 0.717) is 5.65 Å². The summed E-state index contributed by atoms with van der Waals surface area (Å²) < 4.78 is 14.9. The molecule has 0 radical (unpaired) electrons. The van der Waals surface area contributed by atoms with E-state index in [4.69, 9.17) is 5.73 Å². The molecule has 3 N–H and O–H groups in total. The largest absolute Gasteiger partial charge is 0.349 e. The minimum Gasteiger partial charge on any atom is -0.339 e. The molecular formula is C21H26FN5O. The number of rotatable bonds is 7. The molecule has 0 amide bonds. The van der Waals surface area contributed by atoms with Gasteiger partial charge in [0, 0.05) is 30.4 Å². The Balaban J connectivity index is 1.51. The van der Waals surface area contributed by atoms with Gasteiger partial charge < -0.3 is 15.6 Å². The Labute approximate surface area is 163 Å². The van der Waals surface area contributed by atoms with Crippen LogP contribution in [0.4, 0.5) is 4.39 Å². The molecule has 1 aliphatic rings. The number of likely N-dealkylation sites (tertiary alicyclic amines) is 1. The molecule has 4 rings (SSSR count). The van der Waals surface area contributed by atoms with E-state index in [1.54, 1.807) is 16.7 Å². The number of aromatic amines is 1. The van der Waals surface area contributed by atoms with E-state index in [9.17, 15) is 9.18 Å². The SMILES string of the molecule is NCCCCCN1CCC(n2cc3cc(-c4ccc(F)cc4)[nH]c3nc2=O)C1. The summed E-state index contributed by atoms with van der Waals surface area (Å²) in [5, 5.41) is 0.889. The summed E-state index contributed by atoms with van der Waals surface area (Å²) in [6.07, 6.45) is 6.23. The van der Waals surface area contributed by atoms with Crippen LogP contribution in [0.5, 0.6) is 0 Å². The molecule has 1 aliphatic heterocycles. The fraction of sp³-hybridized carbons (Fsp3) is 0.429. The Morgan fingerprint density at radius 2 is 2.04 bits per heavy atom. The van der Waals surface area contributed by atoms with Crippen LogP contribution in [-0.2, 0) is 0 Å². The van der Waals surface area contributed by atoms with Crippen LogP contribution in [0.2, 0.25) is 0 Å². The summed E-state index contributed by atoms with van der Waals surface area (Å²) in [6.45, 7) is 3.69. The van der Waals surface area contributed by atoms with Gasteiger partial charge >= 0.3 is 5.69 Å². The monoisotopic (exact) mass is 383 g/mol. The highest BCUT2D eigenvalue weighted by Crippen LogP contribution is 2.25. The highest BCUT2D eigenvalue weighted by atomic mass is 19.1. The topological polar surface area (TPSA) is 79.9 Å². The van der Waals surface area contributed by atoms with Crippen molar-refractivity contribution in [1.82, 2.24) is 19.4 Å². The Kier molecular flexibility index (Phi) is 5.54. The van der Waals surface area contributed by atoms with Crippen LogP contribution in [0.15, 0.2) is 41.3 Å². The highest BCUT2D eigenvalue weighted by Gasteiger charge is 2.24. The maximum Gasteiger partial charge on any atom is 0.349 e. The van der Waals surface area contributed by atoms with Crippen LogP contribution >= 0.6 is 0 Å². The first-order chi connectivity index (χ1) is 13.6.